The molecule has 3 heterocycles. The molecular formula is C20H20ClFN4O4S2. The first-order valence-electron chi connectivity index (χ1n) is 9.82. The number of carbonyl (C=O) groups excluding carboxylic acids is 1. The van der Waals surface area contributed by atoms with Crippen molar-refractivity contribution in [3.8, 4) is 10.7 Å². The van der Waals surface area contributed by atoms with Gasteiger partial charge < -0.3 is 9.84 Å². The van der Waals surface area contributed by atoms with E-state index in [1.54, 1.807) is 19.9 Å². The standard InChI is InChI=1S/C20H20ClFN4O4S2/c1-11-18(10-17(31-11)19-23-12(2)30-25-19)32(28,29)26-7-5-13(6-8-26)20(27)24-14-3-4-16(22)15(21)9-14/h3-4,9-10,13H,5-8H2,1-2H3,(H,24,27). The van der Waals surface area contributed by atoms with E-state index in [1.165, 1.54) is 33.8 Å². The highest BCUT2D eigenvalue weighted by Crippen LogP contribution is 2.35. The van der Waals surface area contributed by atoms with Crippen LogP contribution in [0.25, 0.3) is 10.7 Å². The predicted octanol–water partition coefficient (Wildman–Crippen LogP) is 4.25. The Bertz CT molecular complexity index is 1270. The van der Waals surface area contributed by atoms with E-state index >= 15 is 0 Å². The van der Waals surface area contributed by atoms with Crippen molar-refractivity contribution >= 4 is 44.6 Å². The van der Waals surface area contributed by atoms with Crippen LogP contribution in [0.5, 0.6) is 0 Å². The maximum Gasteiger partial charge on any atom is 0.244 e. The van der Waals surface area contributed by atoms with Crippen LogP contribution in [0.3, 0.4) is 0 Å². The molecule has 0 radical (unpaired) electrons. The van der Waals surface area contributed by atoms with Crippen molar-refractivity contribution in [2.45, 2.75) is 31.6 Å². The van der Waals surface area contributed by atoms with Crippen molar-refractivity contribution in [1.29, 1.82) is 0 Å². The number of nitrogens with one attached hydrogen (secondary N) is 1. The smallest absolute Gasteiger partial charge is 0.244 e. The lowest BCUT2D eigenvalue weighted by Gasteiger charge is -2.30. The van der Waals surface area contributed by atoms with Crippen LogP contribution in [-0.4, -0.2) is 41.9 Å². The van der Waals surface area contributed by atoms with Crippen molar-refractivity contribution in [1.82, 2.24) is 14.4 Å². The molecule has 4 rings (SSSR count). The minimum absolute atomic E-state index is 0.0785. The molecular weight excluding hydrogens is 479 g/mol. The van der Waals surface area contributed by atoms with Crippen LogP contribution >= 0.6 is 22.9 Å². The number of sulfonamides is 1. The zero-order valence-electron chi connectivity index (χ0n) is 17.3. The number of halogens is 2. The van der Waals surface area contributed by atoms with Crippen LogP contribution < -0.4 is 5.32 Å². The number of thiophene rings is 1. The van der Waals surface area contributed by atoms with Gasteiger partial charge in [-0.2, -0.15) is 9.29 Å². The summed E-state index contributed by atoms with van der Waals surface area (Å²) in [7, 11) is -3.72. The normalized spacial score (nSPS) is 15.8. The molecule has 2 aromatic heterocycles. The van der Waals surface area contributed by atoms with Crippen molar-refractivity contribution < 1.29 is 22.1 Å². The van der Waals surface area contributed by atoms with Crippen molar-refractivity contribution in [2.75, 3.05) is 18.4 Å². The van der Waals surface area contributed by atoms with Gasteiger partial charge in [-0.3, -0.25) is 4.79 Å². The summed E-state index contributed by atoms with van der Waals surface area (Å²) in [5, 5.41) is 6.49. The molecule has 0 saturated carbocycles. The Morgan fingerprint density at radius 3 is 2.62 bits per heavy atom. The van der Waals surface area contributed by atoms with Crippen molar-refractivity contribution in [3.05, 3.63) is 45.9 Å². The number of aromatic nitrogens is 2. The first-order chi connectivity index (χ1) is 15.1. The molecule has 0 spiro atoms. The highest BCUT2D eigenvalue weighted by Gasteiger charge is 2.34. The first-order valence-corrected chi connectivity index (χ1v) is 12.5. The fourth-order valence-electron chi connectivity index (χ4n) is 3.55. The van der Waals surface area contributed by atoms with Crippen LogP contribution in [0.15, 0.2) is 33.7 Å². The second-order valence-electron chi connectivity index (χ2n) is 7.46. The molecule has 1 aliphatic heterocycles. The van der Waals surface area contributed by atoms with E-state index in [0.717, 1.165) is 0 Å². The molecule has 0 bridgehead atoms. The van der Waals surface area contributed by atoms with Crippen molar-refractivity contribution in [2.24, 2.45) is 5.92 Å². The lowest BCUT2D eigenvalue weighted by atomic mass is 9.97. The number of amides is 1. The largest absolute Gasteiger partial charge is 0.339 e. The van der Waals surface area contributed by atoms with Crippen LogP contribution in [0.2, 0.25) is 5.02 Å². The minimum Gasteiger partial charge on any atom is -0.339 e. The molecule has 1 amide bonds. The van der Waals surface area contributed by atoms with E-state index < -0.39 is 15.8 Å². The van der Waals surface area contributed by atoms with Crippen LogP contribution in [0.1, 0.15) is 23.6 Å². The molecule has 0 unspecified atom stereocenters. The molecule has 1 aliphatic rings. The second-order valence-corrected chi connectivity index (χ2v) is 11.0. The van der Waals surface area contributed by atoms with E-state index in [0.29, 0.717) is 40.0 Å². The molecule has 1 N–H and O–H groups in total. The summed E-state index contributed by atoms with van der Waals surface area (Å²) in [5.74, 6) is -0.408. The molecule has 1 saturated heterocycles. The molecule has 1 aromatic carbocycles. The Morgan fingerprint density at radius 1 is 1.28 bits per heavy atom. The lowest BCUT2D eigenvalue weighted by Crippen LogP contribution is -2.41. The zero-order chi connectivity index (χ0) is 23.0. The van der Waals surface area contributed by atoms with E-state index in [9.17, 15) is 17.6 Å². The molecule has 1 fully saturated rings. The predicted molar refractivity (Wildman–Crippen MR) is 119 cm³/mol. The summed E-state index contributed by atoms with van der Waals surface area (Å²) < 4.78 is 46.1. The Labute approximate surface area is 193 Å². The summed E-state index contributed by atoms with van der Waals surface area (Å²) >= 11 is 7.04. The van der Waals surface area contributed by atoms with Gasteiger partial charge in [0.1, 0.15) is 5.82 Å². The monoisotopic (exact) mass is 498 g/mol. The van der Waals surface area contributed by atoms with Crippen LogP contribution in [0.4, 0.5) is 10.1 Å². The molecule has 0 atom stereocenters. The number of piperidine rings is 1. The fourth-order valence-corrected chi connectivity index (χ4v) is 6.68. The van der Waals surface area contributed by atoms with E-state index in [2.05, 4.69) is 15.5 Å². The van der Waals surface area contributed by atoms with E-state index in [4.69, 9.17) is 16.1 Å². The topological polar surface area (TPSA) is 105 Å². The quantitative estimate of drug-likeness (QED) is 0.563. The minimum atomic E-state index is -3.72. The van der Waals surface area contributed by atoms with Gasteiger partial charge in [-0.15, -0.1) is 11.3 Å². The maximum absolute atomic E-state index is 13.3. The molecule has 3 aromatic rings. The number of hydrogen-bond acceptors (Lipinski definition) is 7. The number of benzene rings is 1. The van der Waals surface area contributed by atoms with Gasteiger partial charge in [-0.05, 0) is 44.0 Å². The Hall–Kier alpha value is -2.34. The summed E-state index contributed by atoms with van der Waals surface area (Å²) in [6, 6.07) is 5.52. The average Bonchev–Trinajstić information content (AvgIpc) is 3.36. The average molecular weight is 499 g/mol. The summed E-state index contributed by atoms with van der Waals surface area (Å²) in [5.41, 5.74) is 0.398. The van der Waals surface area contributed by atoms with Gasteiger partial charge in [-0.25, -0.2) is 12.8 Å². The third kappa shape index (κ3) is 4.56. The number of nitrogens with zero attached hydrogens (tertiary/aromatic N) is 3. The van der Waals surface area contributed by atoms with Gasteiger partial charge in [0.25, 0.3) is 0 Å². The number of aryl methyl sites for hydroxylation is 2. The van der Waals surface area contributed by atoms with E-state index in [1.807, 2.05) is 0 Å². The summed E-state index contributed by atoms with van der Waals surface area (Å²) in [4.78, 5) is 18.2. The van der Waals surface area contributed by atoms with Gasteiger partial charge >= 0.3 is 0 Å². The lowest BCUT2D eigenvalue weighted by molar-refractivity contribution is -0.120. The van der Waals surface area contributed by atoms with Gasteiger partial charge in [0.2, 0.25) is 27.6 Å². The SMILES string of the molecule is Cc1nc(-c2cc(S(=O)(=O)N3CCC(C(=O)Nc4ccc(F)c(Cl)c4)CC3)c(C)s2)no1. The second kappa shape index (κ2) is 8.89. The number of anilines is 1. The molecule has 0 aliphatic carbocycles. The third-order valence-electron chi connectivity index (χ3n) is 5.25. The van der Waals surface area contributed by atoms with Crippen LogP contribution in [-0.2, 0) is 14.8 Å². The Balaban J connectivity index is 1.42. The number of rotatable bonds is 5. The summed E-state index contributed by atoms with van der Waals surface area (Å²) in [6.45, 7) is 3.84. The summed E-state index contributed by atoms with van der Waals surface area (Å²) in [6.07, 6.45) is 0.750. The number of hydrogen-bond donors (Lipinski definition) is 1. The molecule has 32 heavy (non-hydrogen) atoms. The first kappa shape index (κ1) is 22.8. The Kier molecular flexibility index (Phi) is 6.35. The van der Waals surface area contributed by atoms with Gasteiger partial charge in [0.15, 0.2) is 0 Å². The molecule has 170 valence electrons. The number of carbonyl (C=O) groups is 1. The highest BCUT2D eigenvalue weighted by atomic mass is 35.5. The van der Waals surface area contributed by atoms with Gasteiger partial charge in [0.05, 0.1) is 14.8 Å². The van der Waals surface area contributed by atoms with Crippen LogP contribution in [0, 0.1) is 25.6 Å². The van der Waals surface area contributed by atoms with Gasteiger partial charge in [-0.1, -0.05) is 16.8 Å². The molecule has 8 nitrogen and oxygen atoms in total. The third-order valence-corrected chi connectivity index (χ3v) is 8.74. The molecule has 12 heteroatoms. The maximum atomic E-state index is 13.3. The van der Waals surface area contributed by atoms with E-state index in [-0.39, 0.29) is 34.8 Å². The van der Waals surface area contributed by atoms with Crippen molar-refractivity contribution in [3.63, 3.8) is 0 Å². The fraction of sp³-hybridized carbons (Fsp3) is 0.350. The Morgan fingerprint density at radius 2 is 2.00 bits per heavy atom. The van der Waals surface area contributed by atoms with Gasteiger partial charge in [0, 0.05) is 36.5 Å². The highest BCUT2D eigenvalue weighted by molar-refractivity contribution is 7.89. The zero-order valence-corrected chi connectivity index (χ0v) is 19.7.